The van der Waals surface area contributed by atoms with Crippen LogP contribution in [0.25, 0.3) is 0 Å². The topological polar surface area (TPSA) is 67.4 Å². The summed E-state index contributed by atoms with van der Waals surface area (Å²) >= 11 is 0. The second kappa shape index (κ2) is 6.01. The zero-order valence-electron chi connectivity index (χ0n) is 12.1. The molecule has 112 valence electrons. The molecular weight excluding hydrogens is 276 g/mol. The standard InChI is InChI=1S/C14H22N2O3S/c1-10-8-14(9-11(2)19-10)15-12-4-6-13(7-5-12)16-20(3,17)18/h4-7,10-11,14-16H,8-9H2,1-3H3. The fourth-order valence-electron chi connectivity index (χ4n) is 2.61. The van der Waals surface area contributed by atoms with Gasteiger partial charge in [-0.2, -0.15) is 0 Å². The fraction of sp³-hybridized carbons (Fsp3) is 0.571. The molecule has 0 bridgehead atoms. The minimum absolute atomic E-state index is 0.266. The molecule has 0 aliphatic carbocycles. The molecule has 0 aromatic heterocycles. The molecular formula is C14H22N2O3S. The number of rotatable bonds is 4. The highest BCUT2D eigenvalue weighted by atomic mass is 32.2. The first-order valence-electron chi connectivity index (χ1n) is 6.81. The zero-order valence-corrected chi connectivity index (χ0v) is 12.9. The van der Waals surface area contributed by atoms with E-state index < -0.39 is 10.0 Å². The molecule has 1 aromatic carbocycles. The molecule has 0 spiro atoms. The predicted molar refractivity (Wildman–Crippen MR) is 81.6 cm³/mol. The van der Waals surface area contributed by atoms with Gasteiger partial charge in [0.15, 0.2) is 0 Å². The van der Waals surface area contributed by atoms with Gasteiger partial charge in [0.2, 0.25) is 10.0 Å². The fourth-order valence-corrected chi connectivity index (χ4v) is 3.17. The van der Waals surface area contributed by atoms with Crippen molar-refractivity contribution < 1.29 is 13.2 Å². The van der Waals surface area contributed by atoms with Gasteiger partial charge >= 0.3 is 0 Å². The van der Waals surface area contributed by atoms with E-state index in [0.29, 0.717) is 11.7 Å². The first-order valence-corrected chi connectivity index (χ1v) is 8.71. The summed E-state index contributed by atoms with van der Waals surface area (Å²) in [6.07, 6.45) is 3.63. The lowest BCUT2D eigenvalue weighted by molar-refractivity contribution is -0.0337. The highest BCUT2D eigenvalue weighted by Gasteiger charge is 2.24. The first kappa shape index (κ1) is 15.1. The molecule has 1 heterocycles. The molecule has 2 unspecified atom stereocenters. The van der Waals surface area contributed by atoms with Crippen LogP contribution in [0.2, 0.25) is 0 Å². The van der Waals surface area contributed by atoms with Gasteiger partial charge in [0.25, 0.3) is 0 Å². The minimum atomic E-state index is -3.22. The normalized spacial score (nSPS) is 27.1. The monoisotopic (exact) mass is 298 g/mol. The van der Waals surface area contributed by atoms with E-state index in [-0.39, 0.29) is 12.2 Å². The van der Waals surface area contributed by atoms with Crippen LogP contribution < -0.4 is 10.0 Å². The number of sulfonamides is 1. The van der Waals surface area contributed by atoms with E-state index in [1.807, 2.05) is 12.1 Å². The van der Waals surface area contributed by atoms with Crippen molar-refractivity contribution in [3.05, 3.63) is 24.3 Å². The summed E-state index contributed by atoms with van der Waals surface area (Å²) < 4.78 is 30.4. The lowest BCUT2D eigenvalue weighted by Crippen LogP contribution is -2.36. The van der Waals surface area contributed by atoms with Crippen molar-refractivity contribution in [2.24, 2.45) is 0 Å². The molecule has 1 aliphatic heterocycles. The summed E-state index contributed by atoms with van der Waals surface area (Å²) in [4.78, 5) is 0. The molecule has 1 aromatic rings. The van der Waals surface area contributed by atoms with Crippen LogP contribution in [0.5, 0.6) is 0 Å². The molecule has 0 amide bonds. The van der Waals surface area contributed by atoms with Crippen molar-refractivity contribution in [2.45, 2.75) is 44.9 Å². The number of hydrogen-bond donors (Lipinski definition) is 2. The Balaban J connectivity index is 1.97. The van der Waals surface area contributed by atoms with E-state index in [1.54, 1.807) is 12.1 Å². The number of nitrogens with one attached hydrogen (secondary N) is 2. The highest BCUT2D eigenvalue weighted by Crippen LogP contribution is 2.23. The van der Waals surface area contributed by atoms with Crippen LogP contribution in [0.3, 0.4) is 0 Å². The molecule has 2 atom stereocenters. The number of benzene rings is 1. The number of ether oxygens (including phenoxy) is 1. The first-order chi connectivity index (χ1) is 9.32. The lowest BCUT2D eigenvalue weighted by Gasteiger charge is -2.33. The Labute approximate surface area is 120 Å². The van der Waals surface area contributed by atoms with Gasteiger partial charge in [-0.1, -0.05) is 0 Å². The Hall–Kier alpha value is -1.27. The van der Waals surface area contributed by atoms with Crippen LogP contribution in [-0.2, 0) is 14.8 Å². The van der Waals surface area contributed by atoms with Crippen molar-refractivity contribution in [3.63, 3.8) is 0 Å². The summed E-state index contributed by atoms with van der Waals surface area (Å²) in [5, 5.41) is 3.47. The van der Waals surface area contributed by atoms with Crippen LogP contribution in [0.4, 0.5) is 11.4 Å². The van der Waals surface area contributed by atoms with Crippen LogP contribution in [0, 0.1) is 0 Å². The third kappa shape index (κ3) is 4.68. The highest BCUT2D eigenvalue weighted by molar-refractivity contribution is 7.92. The van der Waals surface area contributed by atoms with Crippen LogP contribution >= 0.6 is 0 Å². The van der Waals surface area contributed by atoms with Crippen molar-refractivity contribution in [1.29, 1.82) is 0 Å². The molecule has 6 heteroatoms. The molecule has 20 heavy (non-hydrogen) atoms. The second-order valence-electron chi connectivity index (χ2n) is 5.52. The maximum atomic E-state index is 11.1. The average Bonchev–Trinajstić information content (AvgIpc) is 2.28. The molecule has 2 rings (SSSR count). The van der Waals surface area contributed by atoms with Crippen molar-refractivity contribution in [1.82, 2.24) is 0 Å². The maximum Gasteiger partial charge on any atom is 0.229 e. The van der Waals surface area contributed by atoms with Crippen molar-refractivity contribution in [3.8, 4) is 0 Å². The van der Waals surface area contributed by atoms with Gasteiger partial charge in [0.05, 0.1) is 18.5 Å². The van der Waals surface area contributed by atoms with E-state index in [2.05, 4.69) is 23.9 Å². The average molecular weight is 298 g/mol. The van der Waals surface area contributed by atoms with Gasteiger partial charge in [-0.05, 0) is 51.0 Å². The quantitative estimate of drug-likeness (QED) is 0.896. The maximum absolute atomic E-state index is 11.1. The largest absolute Gasteiger partial charge is 0.382 e. The van der Waals surface area contributed by atoms with Gasteiger partial charge in [-0.25, -0.2) is 8.42 Å². The van der Waals surface area contributed by atoms with Gasteiger partial charge < -0.3 is 10.1 Å². The van der Waals surface area contributed by atoms with E-state index in [0.717, 1.165) is 24.8 Å². The molecule has 0 radical (unpaired) electrons. The second-order valence-corrected chi connectivity index (χ2v) is 7.27. The summed E-state index contributed by atoms with van der Waals surface area (Å²) in [6, 6.07) is 7.68. The third-order valence-electron chi connectivity index (χ3n) is 3.26. The van der Waals surface area contributed by atoms with E-state index in [9.17, 15) is 8.42 Å². The van der Waals surface area contributed by atoms with Gasteiger partial charge in [-0.3, -0.25) is 4.72 Å². The number of anilines is 2. The summed E-state index contributed by atoms with van der Waals surface area (Å²) in [7, 11) is -3.22. The van der Waals surface area contributed by atoms with E-state index in [4.69, 9.17) is 4.74 Å². The van der Waals surface area contributed by atoms with Gasteiger partial charge in [-0.15, -0.1) is 0 Å². The molecule has 1 fully saturated rings. The molecule has 0 saturated carbocycles. The smallest absolute Gasteiger partial charge is 0.229 e. The summed E-state index contributed by atoms with van der Waals surface area (Å²) in [5.74, 6) is 0. The summed E-state index contributed by atoms with van der Waals surface area (Å²) in [5.41, 5.74) is 1.57. The van der Waals surface area contributed by atoms with Crippen LogP contribution in [0.15, 0.2) is 24.3 Å². The minimum Gasteiger partial charge on any atom is -0.382 e. The van der Waals surface area contributed by atoms with Crippen LogP contribution in [-0.4, -0.2) is 32.9 Å². The van der Waals surface area contributed by atoms with Gasteiger partial charge in [0, 0.05) is 17.4 Å². The van der Waals surface area contributed by atoms with Crippen molar-refractivity contribution >= 4 is 21.4 Å². The van der Waals surface area contributed by atoms with E-state index >= 15 is 0 Å². The molecule has 1 aliphatic rings. The zero-order chi connectivity index (χ0) is 14.8. The SMILES string of the molecule is CC1CC(Nc2ccc(NS(C)(=O)=O)cc2)CC(C)O1. The molecule has 2 N–H and O–H groups in total. The Morgan fingerprint density at radius 1 is 1.05 bits per heavy atom. The number of hydrogen-bond acceptors (Lipinski definition) is 4. The molecule has 1 saturated heterocycles. The summed E-state index contributed by atoms with van der Waals surface area (Å²) in [6.45, 7) is 4.17. The van der Waals surface area contributed by atoms with E-state index in [1.165, 1.54) is 0 Å². The Bertz CT molecular complexity index is 532. The lowest BCUT2D eigenvalue weighted by atomic mass is 9.99. The molecule has 5 nitrogen and oxygen atoms in total. The third-order valence-corrected chi connectivity index (χ3v) is 3.86. The Kier molecular flexibility index (Phi) is 4.55. The predicted octanol–water partition coefficient (Wildman–Crippen LogP) is 2.43. The van der Waals surface area contributed by atoms with Crippen LogP contribution in [0.1, 0.15) is 26.7 Å². The van der Waals surface area contributed by atoms with Crippen molar-refractivity contribution in [2.75, 3.05) is 16.3 Å². The van der Waals surface area contributed by atoms with Gasteiger partial charge in [0.1, 0.15) is 0 Å². The Morgan fingerprint density at radius 3 is 2.05 bits per heavy atom. The Morgan fingerprint density at radius 2 is 1.55 bits per heavy atom.